The molecule has 1 aliphatic rings. The third-order valence-electron chi connectivity index (χ3n) is 3.81. The summed E-state index contributed by atoms with van der Waals surface area (Å²) < 4.78 is 5.66. The van der Waals surface area contributed by atoms with Gasteiger partial charge in [-0.1, -0.05) is 25.1 Å². The maximum Gasteiger partial charge on any atom is 0.247 e. The van der Waals surface area contributed by atoms with Crippen molar-refractivity contribution in [2.75, 3.05) is 19.6 Å². The van der Waals surface area contributed by atoms with E-state index in [1.54, 1.807) is 0 Å². The van der Waals surface area contributed by atoms with E-state index >= 15 is 0 Å². The maximum absolute atomic E-state index is 5.66. The van der Waals surface area contributed by atoms with E-state index in [2.05, 4.69) is 27.3 Å². The third-order valence-corrected chi connectivity index (χ3v) is 3.81. The number of nitrogens with one attached hydrogen (secondary N) is 1. The Kier molecular flexibility index (Phi) is 4.62. The molecule has 0 bridgehead atoms. The van der Waals surface area contributed by atoms with Gasteiger partial charge in [0.05, 0.1) is 6.54 Å². The van der Waals surface area contributed by atoms with Crippen molar-refractivity contribution < 1.29 is 4.42 Å². The molecule has 1 aliphatic carbocycles. The van der Waals surface area contributed by atoms with Crippen LogP contribution in [0.15, 0.2) is 34.7 Å². The van der Waals surface area contributed by atoms with E-state index < -0.39 is 0 Å². The van der Waals surface area contributed by atoms with Gasteiger partial charge in [0.25, 0.3) is 0 Å². The summed E-state index contributed by atoms with van der Waals surface area (Å²) in [4.78, 5) is 2.52. The molecule has 1 fully saturated rings. The zero-order valence-corrected chi connectivity index (χ0v) is 12.5. The van der Waals surface area contributed by atoms with Gasteiger partial charge in [-0.25, -0.2) is 0 Å². The van der Waals surface area contributed by atoms with Crippen molar-refractivity contribution in [3.63, 3.8) is 0 Å². The fourth-order valence-corrected chi connectivity index (χ4v) is 2.48. The molecule has 1 N–H and O–H groups in total. The summed E-state index contributed by atoms with van der Waals surface area (Å²) in [5, 5.41) is 11.5. The van der Waals surface area contributed by atoms with E-state index in [0.717, 1.165) is 31.2 Å². The van der Waals surface area contributed by atoms with E-state index in [1.165, 1.54) is 12.8 Å². The highest BCUT2D eigenvalue weighted by Crippen LogP contribution is 2.25. The second-order valence-corrected chi connectivity index (χ2v) is 5.40. The number of hydrogen-bond acceptors (Lipinski definition) is 5. The maximum atomic E-state index is 5.66. The van der Waals surface area contributed by atoms with Crippen molar-refractivity contribution in [2.24, 2.45) is 0 Å². The van der Waals surface area contributed by atoms with E-state index in [0.29, 0.717) is 18.3 Å². The Morgan fingerprint density at radius 1 is 1.24 bits per heavy atom. The Morgan fingerprint density at radius 2 is 2.05 bits per heavy atom. The molecular formula is C16H22N4O. The molecule has 0 radical (unpaired) electrons. The first-order valence-corrected chi connectivity index (χ1v) is 7.69. The summed E-state index contributed by atoms with van der Waals surface area (Å²) in [6, 6.07) is 10.7. The van der Waals surface area contributed by atoms with E-state index in [-0.39, 0.29) is 0 Å². The van der Waals surface area contributed by atoms with Gasteiger partial charge < -0.3 is 9.73 Å². The van der Waals surface area contributed by atoms with Crippen LogP contribution < -0.4 is 5.32 Å². The molecule has 0 unspecified atom stereocenters. The Hall–Kier alpha value is -1.72. The molecule has 21 heavy (non-hydrogen) atoms. The van der Waals surface area contributed by atoms with Crippen molar-refractivity contribution in [3.8, 4) is 11.5 Å². The SMILES string of the molecule is CCN(CCNCc1nnc(-c2ccccc2)o1)C1CC1. The average Bonchev–Trinajstić information content (AvgIpc) is 3.26. The van der Waals surface area contributed by atoms with E-state index in [1.807, 2.05) is 30.3 Å². The summed E-state index contributed by atoms with van der Waals surface area (Å²) in [6.07, 6.45) is 2.72. The molecule has 112 valence electrons. The zero-order valence-electron chi connectivity index (χ0n) is 12.5. The largest absolute Gasteiger partial charge is 0.419 e. The minimum Gasteiger partial charge on any atom is -0.419 e. The Balaban J connectivity index is 1.44. The Bertz CT molecular complexity index is 550. The van der Waals surface area contributed by atoms with Crippen LogP contribution in [0.3, 0.4) is 0 Å². The number of hydrogen-bond donors (Lipinski definition) is 1. The van der Waals surface area contributed by atoms with Crippen molar-refractivity contribution >= 4 is 0 Å². The van der Waals surface area contributed by atoms with Gasteiger partial charge in [-0.05, 0) is 31.5 Å². The third kappa shape index (κ3) is 3.89. The first-order valence-electron chi connectivity index (χ1n) is 7.69. The fraction of sp³-hybridized carbons (Fsp3) is 0.500. The number of likely N-dealkylation sites (N-methyl/N-ethyl adjacent to an activating group) is 1. The van der Waals surface area contributed by atoms with Crippen LogP contribution >= 0.6 is 0 Å². The lowest BCUT2D eigenvalue weighted by molar-refractivity contribution is 0.275. The van der Waals surface area contributed by atoms with Crippen LogP contribution in [0.25, 0.3) is 11.5 Å². The summed E-state index contributed by atoms with van der Waals surface area (Å²) in [6.45, 7) is 6.02. The summed E-state index contributed by atoms with van der Waals surface area (Å²) in [5.74, 6) is 1.23. The van der Waals surface area contributed by atoms with Crippen LogP contribution in [0.4, 0.5) is 0 Å². The number of benzene rings is 1. The molecular weight excluding hydrogens is 264 g/mol. The summed E-state index contributed by atoms with van der Waals surface area (Å²) in [7, 11) is 0. The molecule has 1 aromatic carbocycles. The van der Waals surface area contributed by atoms with Crippen LogP contribution in [0.2, 0.25) is 0 Å². The molecule has 1 heterocycles. The average molecular weight is 286 g/mol. The predicted octanol–water partition coefficient (Wildman–Crippen LogP) is 2.31. The lowest BCUT2D eigenvalue weighted by Gasteiger charge is -2.19. The van der Waals surface area contributed by atoms with Crippen molar-refractivity contribution in [2.45, 2.75) is 32.4 Å². The van der Waals surface area contributed by atoms with Crippen molar-refractivity contribution in [3.05, 3.63) is 36.2 Å². The molecule has 0 spiro atoms. The monoisotopic (exact) mass is 286 g/mol. The standard InChI is InChI=1S/C16H22N4O/c1-2-20(14-8-9-14)11-10-17-12-15-18-19-16(21-15)13-6-4-3-5-7-13/h3-7,14,17H,2,8-12H2,1H3. The summed E-state index contributed by atoms with van der Waals surface area (Å²) >= 11 is 0. The second-order valence-electron chi connectivity index (χ2n) is 5.40. The fourth-order valence-electron chi connectivity index (χ4n) is 2.48. The molecule has 0 atom stereocenters. The van der Waals surface area contributed by atoms with Crippen LogP contribution in [-0.4, -0.2) is 40.8 Å². The van der Waals surface area contributed by atoms with Gasteiger partial charge in [-0.3, -0.25) is 4.90 Å². The zero-order chi connectivity index (χ0) is 14.5. The van der Waals surface area contributed by atoms with Crippen LogP contribution in [0, 0.1) is 0 Å². The highest BCUT2D eigenvalue weighted by Gasteiger charge is 2.27. The second kappa shape index (κ2) is 6.83. The van der Waals surface area contributed by atoms with Crippen molar-refractivity contribution in [1.82, 2.24) is 20.4 Å². The van der Waals surface area contributed by atoms with Crippen LogP contribution in [0.1, 0.15) is 25.7 Å². The molecule has 2 aromatic rings. The normalized spacial score (nSPS) is 14.8. The van der Waals surface area contributed by atoms with E-state index in [4.69, 9.17) is 4.42 Å². The summed E-state index contributed by atoms with van der Waals surface area (Å²) in [5.41, 5.74) is 0.960. The van der Waals surface area contributed by atoms with Gasteiger partial charge in [0.1, 0.15) is 0 Å². The molecule has 5 nitrogen and oxygen atoms in total. The lowest BCUT2D eigenvalue weighted by Crippen LogP contribution is -2.33. The van der Waals surface area contributed by atoms with Gasteiger partial charge in [-0.2, -0.15) is 0 Å². The topological polar surface area (TPSA) is 54.2 Å². The molecule has 0 saturated heterocycles. The smallest absolute Gasteiger partial charge is 0.247 e. The molecule has 1 saturated carbocycles. The molecule has 5 heteroatoms. The first kappa shape index (κ1) is 14.2. The molecule has 3 rings (SSSR count). The minimum absolute atomic E-state index is 0.584. The number of nitrogens with zero attached hydrogens (tertiary/aromatic N) is 3. The highest BCUT2D eigenvalue weighted by molar-refractivity contribution is 5.51. The molecule has 0 amide bonds. The minimum atomic E-state index is 0.584. The highest BCUT2D eigenvalue weighted by atomic mass is 16.4. The predicted molar refractivity (Wildman–Crippen MR) is 81.7 cm³/mol. The molecule has 1 aromatic heterocycles. The van der Waals surface area contributed by atoms with Gasteiger partial charge in [0.15, 0.2) is 0 Å². The number of rotatable bonds is 8. The van der Waals surface area contributed by atoms with Gasteiger partial charge in [0, 0.05) is 24.7 Å². The first-order chi connectivity index (χ1) is 10.4. The van der Waals surface area contributed by atoms with Gasteiger partial charge in [0.2, 0.25) is 11.8 Å². The van der Waals surface area contributed by atoms with E-state index in [9.17, 15) is 0 Å². The lowest BCUT2D eigenvalue weighted by atomic mass is 10.2. The van der Waals surface area contributed by atoms with Gasteiger partial charge >= 0.3 is 0 Å². The van der Waals surface area contributed by atoms with Gasteiger partial charge in [-0.15, -0.1) is 10.2 Å². The quantitative estimate of drug-likeness (QED) is 0.755. The number of aromatic nitrogens is 2. The Morgan fingerprint density at radius 3 is 2.76 bits per heavy atom. The van der Waals surface area contributed by atoms with Crippen LogP contribution in [-0.2, 0) is 6.54 Å². The molecule has 0 aliphatic heterocycles. The van der Waals surface area contributed by atoms with Crippen LogP contribution in [0.5, 0.6) is 0 Å². The Labute approximate surface area is 125 Å². The van der Waals surface area contributed by atoms with Crippen molar-refractivity contribution in [1.29, 1.82) is 0 Å².